The van der Waals surface area contributed by atoms with Gasteiger partial charge >= 0.3 is 0 Å². The first-order valence-corrected chi connectivity index (χ1v) is 7.04. The van der Waals surface area contributed by atoms with Crippen LogP contribution < -0.4 is 5.48 Å². The Balaban J connectivity index is 1.70. The quantitative estimate of drug-likeness (QED) is 0.838. The van der Waals surface area contributed by atoms with Crippen LogP contribution in [0.1, 0.15) is 29.6 Å². The van der Waals surface area contributed by atoms with Crippen molar-refractivity contribution in [2.24, 2.45) is 0 Å². The predicted octanol–water partition coefficient (Wildman–Crippen LogP) is 3.11. The molecule has 0 amide bonds. The topological polar surface area (TPSA) is 41.6 Å². The number of allylic oxidation sites excluding steroid dienone is 3. The number of piperidine rings is 1. The van der Waals surface area contributed by atoms with Crippen LogP contribution >= 0.6 is 0 Å². The molecule has 20 heavy (non-hydrogen) atoms. The Labute approximate surface area is 118 Å². The highest BCUT2D eigenvalue weighted by molar-refractivity contribution is 6.12. The fourth-order valence-corrected chi connectivity index (χ4v) is 2.49. The third-order valence-corrected chi connectivity index (χ3v) is 3.60. The van der Waals surface area contributed by atoms with E-state index < -0.39 is 0 Å². The lowest BCUT2D eigenvalue weighted by Gasteiger charge is -2.24. The molecular formula is C16H18N2O2. The largest absolute Gasteiger partial charge is 0.378 e. The summed E-state index contributed by atoms with van der Waals surface area (Å²) >= 11 is 0. The lowest BCUT2D eigenvalue weighted by Crippen LogP contribution is -2.24. The van der Waals surface area contributed by atoms with Crippen molar-refractivity contribution in [1.29, 1.82) is 0 Å². The van der Waals surface area contributed by atoms with Crippen molar-refractivity contribution in [3.05, 3.63) is 53.9 Å². The second-order valence-electron chi connectivity index (χ2n) is 5.05. The molecule has 1 aromatic rings. The van der Waals surface area contributed by atoms with Gasteiger partial charge in [0.2, 0.25) is 11.5 Å². The first-order valence-electron chi connectivity index (χ1n) is 7.04. The molecule has 0 atom stereocenters. The summed E-state index contributed by atoms with van der Waals surface area (Å²) < 4.78 is 0. The van der Waals surface area contributed by atoms with Crippen molar-refractivity contribution in [3.8, 4) is 0 Å². The van der Waals surface area contributed by atoms with Crippen LogP contribution in [0.25, 0.3) is 0 Å². The van der Waals surface area contributed by atoms with Crippen molar-refractivity contribution in [2.75, 3.05) is 18.6 Å². The number of fused-ring (bicyclic) bond motifs is 1. The fraction of sp³-hybridized carbons (Fsp3) is 0.312. The number of carbonyl (C=O) groups excluding carboxylic acids is 1. The van der Waals surface area contributed by atoms with Crippen LogP contribution in [0.4, 0.5) is 5.69 Å². The molecule has 2 aliphatic heterocycles. The number of hydrogen-bond acceptors (Lipinski definition) is 4. The van der Waals surface area contributed by atoms with Gasteiger partial charge in [0.25, 0.3) is 0 Å². The molecule has 1 N–H and O–H groups in total. The van der Waals surface area contributed by atoms with E-state index in [0.717, 1.165) is 18.8 Å². The molecular weight excluding hydrogens is 252 g/mol. The standard InChI is InChI=1S/C16H18N2O2/c19-16-13-7-2-3-8-14(13)17-20-15(16)9-6-12-18-10-4-1-5-11-18/h2-3,6-9,12,17H,1,4-5,10-11H2/b12-6+,15-9-. The second kappa shape index (κ2) is 5.82. The number of ketones is 1. The Morgan fingerprint density at radius 3 is 2.80 bits per heavy atom. The first kappa shape index (κ1) is 12.8. The van der Waals surface area contributed by atoms with Crippen LogP contribution in [-0.2, 0) is 4.84 Å². The molecule has 104 valence electrons. The number of rotatable bonds is 2. The SMILES string of the molecule is O=C1/C(=C/C=C/N2CCCCC2)ONc2ccccc21. The van der Waals surface area contributed by atoms with E-state index in [2.05, 4.69) is 10.4 Å². The highest BCUT2D eigenvalue weighted by Gasteiger charge is 2.22. The van der Waals surface area contributed by atoms with Crippen LogP contribution in [-0.4, -0.2) is 23.8 Å². The molecule has 0 aromatic heterocycles. The van der Waals surface area contributed by atoms with E-state index in [1.807, 2.05) is 30.5 Å². The van der Waals surface area contributed by atoms with Crippen molar-refractivity contribution in [1.82, 2.24) is 4.90 Å². The van der Waals surface area contributed by atoms with Gasteiger partial charge in [-0.2, -0.15) is 0 Å². The first-order chi connectivity index (χ1) is 9.84. The summed E-state index contributed by atoms with van der Waals surface area (Å²) in [7, 11) is 0. The number of hydrogen-bond donors (Lipinski definition) is 1. The zero-order valence-electron chi connectivity index (χ0n) is 11.3. The van der Waals surface area contributed by atoms with E-state index in [1.54, 1.807) is 12.1 Å². The minimum atomic E-state index is -0.0809. The van der Waals surface area contributed by atoms with Gasteiger partial charge in [-0.25, -0.2) is 5.48 Å². The number of nitrogens with one attached hydrogen (secondary N) is 1. The number of nitrogens with zero attached hydrogens (tertiary/aromatic N) is 1. The minimum Gasteiger partial charge on any atom is -0.378 e. The number of benzene rings is 1. The van der Waals surface area contributed by atoms with Gasteiger partial charge in [0, 0.05) is 13.1 Å². The van der Waals surface area contributed by atoms with E-state index in [0.29, 0.717) is 11.3 Å². The third-order valence-electron chi connectivity index (χ3n) is 3.60. The minimum absolute atomic E-state index is 0.0809. The third kappa shape index (κ3) is 2.69. The lowest BCUT2D eigenvalue weighted by molar-refractivity contribution is 0.0935. The summed E-state index contributed by atoms with van der Waals surface area (Å²) in [6, 6.07) is 7.35. The van der Waals surface area contributed by atoms with Gasteiger partial charge in [0.15, 0.2) is 0 Å². The van der Waals surface area contributed by atoms with Gasteiger partial charge in [0.1, 0.15) is 0 Å². The van der Waals surface area contributed by atoms with E-state index in [4.69, 9.17) is 4.84 Å². The Morgan fingerprint density at radius 2 is 1.95 bits per heavy atom. The van der Waals surface area contributed by atoms with Gasteiger partial charge in [-0.05, 0) is 49.7 Å². The van der Waals surface area contributed by atoms with Crippen LogP contribution in [0, 0.1) is 0 Å². The number of anilines is 1. The summed E-state index contributed by atoms with van der Waals surface area (Å²) in [5.41, 5.74) is 4.16. The van der Waals surface area contributed by atoms with Crippen molar-refractivity contribution < 1.29 is 9.63 Å². The second-order valence-corrected chi connectivity index (χ2v) is 5.05. The van der Waals surface area contributed by atoms with E-state index in [-0.39, 0.29) is 5.78 Å². The molecule has 0 spiro atoms. The summed E-state index contributed by atoms with van der Waals surface area (Å²) in [5, 5.41) is 0. The monoisotopic (exact) mass is 270 g/mol. The highest BCUT2D eigenvalue weighted by Crippen LogP contribution is 2.24. The molecule has 4 heteroatoms. The van der Waals surface area contributed by atoms with Gasteiger partial charge in [-0.1, -0.05) is 12.1 Å². The molecule has 1 aromatic carbocycles. The molecule has 2 aliphatic rings. The molecule has 4 nitrogen and oxygen atoms in total. The van der Waals surface area contributed by atoms with Crippen LogP contribution in [0.5, 0.6) is 0 Å². The highest BCUT2D eigenvalue weighted by atomic mass is 16.7. The number of carbonyl (C=O) groups is 1. The van der Waals surface area contributed by atoms with E-state index in [9.17, 15) is 4.79 Å². The summed E-state index contributed by atoms with van der Waals surface area (Å²) in [5.74, 6) is 0.250. The van der Waals surface area contributed by atoms with E-state index in [1.165, 1.54) is 19.3 Å². The smallest absolute Gasteiger partial charge is 0.233 e. The van der Waals surface area contributed by atoms with Crippen LogP contribution in [0.15, 0.2) is 48.4 Å². The molecule has 3 rings (SSSR count). The maximum atomic E-state index is 12.2. The average Bonchev–Trinajstić information content (AvgIpc) is 2.51. The Kier molecular flexibility index (Phi) is 3.72. The van der Waals surface area contributed by atoms with Gasteiger partial charge in [-0.15, -0.1) is 0 Å². The Bertz CT molecular complexity index is 557. The molecule has 0 bridgehead atoms. The molecule has 0 saturated carbocycles. The maximum Gasteiger partial charge on any atom is 0.233 e. The summed E-state index contributed by atoms with van der Waals surface area (Å²) in [6.45, 7) is 2.19. The Hall–Kier alpha value is -2.23. The molecule has 1 fully saturated rings. The zero-order chi connectivity index (χ0) is 13.8. The fourth-order valence-electron chi connectivity index (χ4n) is 2.49. The van der Waals surface area contributed by atoms with Crippen molar-refractivity contribution in [3.63, 3.8) is 0 Å². The summed E-state index contributed by atoms with van der Waals surface area (Å²) in [6.07, 6.45) is 9.43. The zero-order valence-corrected chi connectivity index (χ0v) is 11.3. The predicted molar refractivity (Wildman–Crippen MR) is 78.1 cm³/mol. The van der Waals surface area contributed by atoms with Gasteiger partial charge < -0.3 is 9.74 Å². The maximum absolute atomic E-state index is 12.2. The van der Waals surface area contributed by atoms with Crippen LogP contribution in [0.3, 0.4) is 0 Å². The number of likely N-dealkylation sites (tertiary alicyclic amines) is 1. The molecule has 0 aliphatic carbocycles. The Morgan fingerprint density at radius 1 is 1.15 bits per heavy atom. The van der Waals surface area contributed by atoms with Crippen molar-refractivity contribution >= 4 is 11.5 Å². The van der Waals surface area contributed by atoms with Crippen LogP contribution in [0.2, 0.25) is 0 Å². The van der Waals surface area contributed by atoms with Crippen molar-refractivity contribution in [2.45, 2.75) is 19.3 Å². The average molecular weight is 270 g/mol. The summed E-state index contributed by atoms with van der Waals surface area (Å²) in [4.78, 5) is 19.8. The lowest BCUT2D eigenvalue weighted by atomic mass is 10.1. The molecule has 0 unspecified atom stereocenters. The normalized spacial score (nSPS) is 20.7. The van der Waals surface area contributed by atoms with Gasteiger partial charge in [-0.3, -0.25) is 4.79 Å². The van der Waals surface area contributed by atoms with Gasteiger partial charge in [0.05, 0.1) is 11.3 Å². The number of para-hydroxylation sites is 1. The van der Waals surface area contributed by atoms with E-state index >= 15 is 0 Å². The number of Topliss-reactive ketones (excluding diaryl/α,β-unsaturated/α-hetero) is 1. The molecule has 1 saturated heterocycles. The molecule has 0 radical (unpaired) electrons. The molecule has 2 heterocycles.